The Kier molecular flexibility index (Phi) is 5.97. The normalized spacial score (nSPS) is 12.2. The van der Waals surface area contributed by atoms with E-state index < -0.39 is 0 Å². The first-order valence-electron chi connectivity index (χ1n) is 9.10. The molecule has 1 atom stereocenters. The maximum absolute atomic E-state index is 13.0. The van der Waals surface area contributed by atoms with Gasteiger partial charge < -0.3 is 5.32 Å². The highest BCUT2D eigenvalue weighted by molar-refractivity contribution is 6.33. The number of amides is 1. The van der Waals surface area contributed by atoms with E-state index in [1.54, 1.807) is 4.68 Å². The van der Waals surface area contributed by atoms with Gasteiger partial charge in [0, 0.05) is 0 Å². The van der Waals surface area contributed by atoms with Crippen molar-refractivity contribution in [2.24, 2.45) is 5.92 Å². The van der Waals surface area contributed by atoms with Gasteiger partial charge in [-0.1, -0.05) is 86.1 Å². The number of benzene rings is 2. The summed E-state index contributed by atoms with van der Waals surface area (Å²) in [5.74, 6) is 0.0501. The molecule has 0 aliphatic heterocycles. The lowest BCUT2D eigenvalue weighted by molar-refractivity contribution is 0.0925. The lowest BCUT2D eigenvalue weighted by Gasteiger charge is -2.23. The SMILES string of the molecule is Cc1nn(Cc2ccccc2)c(Cl)c1C(=O)NC(c1ccccc1)C(C)C. The van der Waals surface area contributed by atoms with Gasteiger partial charge in [-0.3, -0.25) is 4.79 Å². The zero-order chi connectivity index (χ0) is 19.4. The fraction of sp³-hybridized carbons (Fsp3) is 0.273. The van der Waals surface area contributed by atoms with Crippen molar-refractivity contribution in [3.05, 3.63) is 88.2 Å². The van der Waals surface area contributed by atoms with Crippen LogP contribution in [0.25, 0.3) is 0 Å². The third-order valence-corrected chi connectivity index (χ3v) is 4.96. The van der Waals surface area contributed by atoms with E-state index in [0.717, 1.165) is 11.1 Å². The van der Waals surface area contributed by atoms with E-state index in [1.165, 1.54) is 0 Å². The van der Waals surface area contributed by atoms with Crippen LogP contribution in [0.4, 0.5) is 0 Å². The largest absolute Gasteiger partial charge is 0.345 e. The van der Waals surface area contributed by atoms with Crippen LogP contribution < -0.4 is 5.32 Å². The van der Waals surface area contributed by atoms with Crippen LogP contribution in [0.3, 0.4) is 0 Å². The molecule has 1 aromatic heterocycles. The van der Waals surface area contributed by atoms with Gasteiger partial charge in [-0.15, -0.1) is 0 Å². The number of nitrogens with zero attached hydrogens (tertiary/aromatic N) is 2. The minimum atomic E-state index is -0.195. The molecule has 27 heavy (non-hydrogen) atoms. The Morgan fingerprint density at radius 3 is 2.26 bits per heavy atom. The summed E-state index contributed by atoms with van der Waals surface area (Å²) in [6, 6.07) is 19.8. The molecular weight excluding hydrogens is 358 g/mol. The molecule has 3 rings (SSSR count). The van der Waals surface area contributed by atoms with Gasteiger partial charge in [0.2, 0.25) is 0 Å². The smallest absolute Gasteiger partial charge is 0.256 e. The highest BCUT2D eigenvalue weighted by Crippen LogP contribution is 2.25. The maximum atomic E-state index is 13.0. The molecule has 2 aromatic carbocycles. The van der Waals surface area contributed by atoms with Crippen LogP contribution in [-0.4, -0.2) is 15.7 Å². The molecule has 0 saturated carbocycles. The summed E-state index contributed by atoms with van der Waals surface area (Å²) in [5, 5.41) is 7.97. The van der Waals surface area contributed by atoms with Gasteiger partial charge in [-0.05, 0) is 24.0 Å². The summed E-state index contributed by atoms with van der Waals surface area (Å²) >= 11 is 6.52. The van der Waals surface area contributed by atoms with E-state index >= 15 is 0 Å². The lowest BCUT2D eigenvalue weighted by Crippen LogP contribution is -2.32. The second-order valence-corrected chi connectivity index (χ2v) is 7.36. The number of aromatic nitrogens is 2. The summed E-state index contributed by atoms with van der Waals surface area (Å²) in [6.45, 7) is 6.52. The first-order chi connectivity index (χ1) is 13.0. The Morgan fingerprint density at radius 2 is 1.67 bits per heavy atom. The van der Waals surface area contributed by atoms with Crippen LogP contribution in [0.1, 0.15) is 47.1 Å². The molecular formula is C22H24ClN3O. The first-order valence-corrected chi connectivity index (χ1v) is 9.47. The predicted octanol–water partition coefficient (Wildman–Crippen LogP) is 5.02. The van der Waals surface area contributed by atoms with E-state index in [9.17, 15) is 4.79 Å². The van der Waals surface area contributed by atoms with Crippen LogP contribution in [-0.2, 0) is 6.54 Å². The Hall–Kier alpha value is -2.59. The highest BCUT2D eigenvalue weighted by atomic mass is 35.5. The minimum Gasteiger partial charge on any atom is -0.345 e. The Bertz CT molecular complexity index is 904. The number of nitrogens with one attached hydrogen (secondary N) is 1. The molecule has 0 spiro atoms. The van der Waals surface area contributed by atoms with E-state index in [2.05, 4.69) is 24.3 Å². The number of hydrogen-bond acceptors (Lipinski definition) is 2. The van der Waals surface area contributed by atoms with E-state index in [4.69, 9.17) is 11.6 Å². The van der Waals surface area contributed by atoms with Crippen molar-refractivity contribution in [3.63, 3.8) is 0 Å². The Morgan fingerprint density at radius 1 is 1.07 bits per heavy atom. The van der Waals surface area contributed by atoms with Gasteiger partial charge in [0.05, 0.1) is 23.8 Å². The third-order valence-electron chi connectivity index (χ3n) is 4.58. The van der Waals surface area contributed by atoms with Gasteiger partial charge in [0.15, 0.2) is 0 Å². The summed E-state index contributed by atoms with van der Waals surface area (Å²) < 4.78 is 1.67. The fourth-order valence-corrected chi connectivity index (χ4v) is 3.50. The van der Waals surface area contributed by atoms with E-state index in [0.29, 0.717) is 23.0 Å². The number of halogens is 1. The predicted molar refractivity (Wildman–Crippen MR) is 109 cm³/mol. The molecule has 1 heterocycles. The molecule has 5 heteroatoms. The molecule has 140 valence electrons. The molecule has 1 amide bonds. The number of aryl methyl sites for hydroxylation is 1. The van der Waals surface area contributed by atoms with Crippen molar-refractivity contribution in [1.82, 2.24) is 15.1 Å². The zero-order valence-electron chi connectivity index (χ0n) is 15.8. The molecule has 3 aromatic rings. The summed E-state index contributed by atoms with van der Waals surface area (Å²) in [4.78, 5) is 13.0. The third kappa shape index (κ3) is 4.40. The van der Waals surface area contributed by atoms with Gasteiger partial charge >= 0.3 is 0 Å². The Balaban J connectivity index is 1.84. The van der Waals surface area contributed by atoms with Crippen LogP contribution in [0, 0.1) is 12.8 Å². The van der Waals surface area contributed by atoms with E-state index in [1.807, 2.05) is 67.6 Å². The molecule has 1 N–H and O–H groups in total. The van der Waals surface area contributed by atoms with Crippen LogP contribution in [0.5, 0.6) is 0 Å². The van der Waals surface area contributed by atoms with Crippen molar-refractivity contribution in [2.75, 3.05) is 0 Å². The van der Waals surface area contributed by atoms with Gasteiger partial charge in [0.25, 0.3) is 5.91 Å². The molecule has 0 bridgehead atoms. The topological polar surface area (TPSA) is 46.9 Å². The first kappa shape index (κ1) is 19.2. The number of carbonyl (C=O) groups excluding carboxylic acids is 1. The summed E-state index contributed by atoms with van der Waals surface area (Å²) in [5.41, 5.74) is 3.22. The minimum absolute atomic E-state index is 0.0911. The van der Waals surface area contributed by atoms with Gasteiger partial charge in [-0.25, -0.2) is 4.68 Å². The molecule has 1 unspecified atom stereocenters. The van der Waals surface area contributed by atoms with Crippen molar-refractivity contribution in [1.29, 1.82) is 0 Å². The second kappa shape index (κ2) is 8.40. The zero-order valence-corrected chi connectivity index (χ0v) is 16.6. The molecule has 0 aliphatic carbocycles. The van der Waals surface area contributed by atoms with Crippen LogP contribution >= 0.6 is 11.6 Å². The number of hydrogen-bond donors (Lipinski definition) is 1. The average molecular weight is 382 g/mol. The monoisotopic (exact) mass is 381 g/mol. The molecule has 0 radical (unpaired) electrons. The van der Waals surface area contributed by atoms with Crippen molar-refractivity contribution < 1.29 is 4.79 Å². The van der Waals surface area contributed by atoms with Crippen molar-refractivity contribution in [3.8, 4) is 0 Å². The molecule has 4 nitrogen and oxygen atoms in total. The lowest BCUT2D eigenvalue weighted by atomic mass is 9.96. The van der Waals surface area contributed by atoms with E-state index in [-0.39, 0.29) is 17.9 Å². The quantitative estimate of drug-likeness (QED) is 0.651. The highest BCUT2D eigenvalue weighted by Gasteiger charge is 2.24. The van der Waals surface area contributed by atoms with Gasteiger partial charge in [-0.2, -0.15) is 5.10 Å². The standard InChI is InChI=1S/C22H24ClN3O/c1-15(2)20(18-12-8-5-9-13-18)24-22(27)19-16(3)25-26(21(19)23)14-17-10-6-4-7-11-17/h4-13,15,20H,14H2,1-3H3,(H,24,27). The molecule has 0 saturated heterocycles. The number of carbonyl (C=O) groups is 1. The molecule has 0 fully saturated rings. The summed E-state index contributed by atoms with van der Waals surface area (Å²) in [7, 11) is 0. The molecule has 0 aliphatic rings. The average Bonchev–Trinajstić information content (AvgIpc) is 2.94. The second-order valence-electron chi connectivity index (χ2n) is 7.00. The maximum Gasteiger partial charge on any atom is 0.256 e. The summed E-state index contributed by atoms with van der Waals surface area (Å²) in [6.07, 6.45) is 0. The van der Waals surface area contributed by atoms with Crippen LogP contribution in [0.15, 0.2) is 60.7 Å². The Labute approximate surface area is 165 Å². The van der Waals surface area contributed by atoms with Crippen molar-refractivity contribution >= 4 is 17.5 Å². The fourth-order valence-electron chi connectivity index (χ4n) is 3.18. The van der Waals surface area contributed by atoms with Gasteiger partial charge in [0.1, 0.15) is 5.15 Å². The van der Waals surface area contributed by atoms with Crippen LogP contribution in [0.2, 0.25) is 5.15 Å². The van der Waals surface area contributed by atoms with Crippen molar-refractivity contribution in [2.45, 2.75) is 33.4 Å². The number of rotatable bonds is 6.